The molecular weight excluding hydrogens is 258 g/mol. The van der Waals surface area contributed by atoms with E-state index in [-0.39, 0.29) is 11.8 Å². The Labute approximate surface area is 118 Å². The van der Waals surface area contributed by atoms with Crippen molar-refractivity contribution in [1.29, 1.82) is 0 Å². The summed E-state index contributed by atoms with van der Waals surface area (Å²) in [6.07, 6.45) is 6.03. The van der Waals surface area contributed by atoms with Crippen LogP contribution in [-0.2, 0) is 11.2 Å². The van der Waals surface area contributed by atoms with Gasteiger partial charge in [-0.1, -0.05) is 36.4 Å². The second-order valence-corrected chi connectivity index (χ2v) is 5.63. The number of nitrogens with one attached hydrogen (secondary N) is 1. The van der Waals surface area contributed by atoms with Crippen molar-refractivity contribution in [1.82, 2.24) is 5.32 Å². The van der Waals surface area contributed by atoms with Crippen LogP contribution in [0.3, 0.4) is 0 Å². The monoisotopic (exact) mass is 275 g/mol. The first-order chi connectivity index (χ1) is 9.33. The zero-order valence-corrected chi connectivity index (χ0v) is 11.6. The number of rotatable bonds is 4. The van der Waals surface area contributed by atoms with E-state index in [0.717, 1.165) is 12.8 Å². The van der Waals surface area contributed by atoms with E-state index >= 15 is 0 Å². The van der Waals surface area contributed by atoms with Crippen LogP contribution in [0.4, 0.5) is 0 Å². The van der Waals surface area contributed by atoms with Crippen molar-refractivity contribution < 1.29 is 4.79 Å². The molecule has 1 N–H and O–H groups in total. The van der Waals surface area contributed by atoms with Crippen molar-refractivity contribution in [2.75, 3.05) is 12.4 Å². The molecule has 2 nitrogen and oxygen atoms in total. The highest BCUT2D eigenvalue weighted by molar-refractivity contribution is 6.18. The molecule has 1 amide bonds. The van der Waals surface area contributed by atoms with Crippen LogP contribution in [0.15, 0.2) is 36.4 Å². The van der Waals surface area contributed by atoms with Crippen LogP contribution in [-0.4, -0.2) is 18.3 Å². The summed E-state index contributed by atoms with van der Waals surface area (Å²) in [6, 6.07) is 8.56. The Balaban J connectivity index is 1.64. The molecule has 3 unspecified atom stereocenters. The molecule has 100 valence electrons. The molecule has 1 fully saturated rings. The third kappa shape index (κ3) is 2.42. The first-order valence-corrected chi connectivity index (χ1v) is 7.43. The maximum atomic E-state index is 12.2. The minimum Gasteiger partial charge on any atom is -0.352 e. The lowest BCUT2D eigenvalue weighted by molar-refractivity contribution is -0.122. The van der Waals surface area contributed by atoms with Gasteiger partial charge in [-0.3, -0.25) is 4.79 Å². The number of halogens is 1. The van der Waals surface area contributed by atoms with Crippen LogP contribution in [0.1, 0.15) is 23.5 Å². The van der Waals surface area contributed by atoms with Gasteiger partial charge in [-0.25, -0.2) is 0 Å². The summed E-state index contributed by atoms with van der Waals surface area (Å²) in [5, 5.41) is 2.98. The molecule has 0 spiro atoms. The molecule has 0 aromatic heterocycles. The van der Waals surface area contributed by atoms with Crippen molar-refractivity contribution in [3.63, 3.8) is 0 Å². The molecule has 0 bridgehead atoms. The van der Waals surface area contributed by atoms with Crippen LogP contribution in [0, 0.1) is 11.8 Å². The van der Waals surface area contributed by atoms with Gasteiger partial charge in [-0.15, -0.1) is 11.6 Å². The van der Waals surface area contributed by atoms with Gasteiger partial charge in [-0.05, 0) is 35.8 Å². The largest absolute Gasteiger partial charge is 0.352 e. The minimum absolute atomic E-state index is 0.188. The SMILES string of the molecule is O=C(NC/C=C/CCl)C1C2CCc3ccccc3C21. The van der Waals surface area contributed by atoms with Gasteiger partial charge in [0.1, 0.15) is 0 Å². The summed E-state index contributed by atoms with van der Waals surface area (Å²) in [5.41, 5.74) is 2.83. The van der Waals surface area contributed by atoms with E-state index < -0.39 is 0 Å². The first-order valence-electron chi connectivity index (χ1n) is 6.89. The Kier molecular flexibility index (Phi) is 3.61. The Bertz CT molecular complexity index is 511. The fourth-order valence-corrected chi connectivity index (χ4v) is 3.47. The molecule has 1 aromatic carbocycles. The molecule has 0 radical (unpaired) electrons. The number of amides is 1. The quantitative estimate of drug-likeness (QED) is 0.664. The summed E-state index contributed by atoms with van der Waals surface area (Å²) in [7, 11) is 0. The fraction of sp³-hybridized carbons (Fsp3) is 0.438. The number of aryl methyl sites for hydroxylation is 1. The van der Waals surface area contributed by atoms with Crippen molar-refractivity contribution in [2.24, 2.45) is 11.8 Å². The Morgan fingerprint density at radius 2 is 2.21 bits per heavy atom. The van der Waals surface area contributed by atoms with Crippen LogP contribution in [0.5, 0.6) is 0 Å². The Hall–Kier alpha value is -1.28. The van der Waals surface area contributed by atoms with E-state index in [1.54, 1.807) is 0 Å². The molecular formula is C16H18ClNO. The lowest BCUT2D eigenvalue weighted by Gasteiger charge is -2.13. The second kappa shape index (κ2) is 5.38. The predicted molar refractivity (Wildman–Crippen MR) is 77.4 cm³/mol. The Morgan fingerprint density at radius 1 is 1.37 bits per heavy atom. The average molecular weight is 276 g/mol. The van der Waals surface area contributed by atoms with Crippen molar-refractivity contribution >= 4 is 17.5 Å². The third-order valence-electron chi connectivity index (χ3n) is 4.28. The van der Waals surface area contributed by atoms with Gasteiger partial charge in [0.05, 0.1) is 0 Å². The summed E-state index contributed by atoms with van der Waals surface area (Å²) in [4.78, 5) is 12.2. The number of carbonyl (C=O) groups is 1. The van der Waals surface area contributed by atoms with E-state index in [1.807, 2.05) is 12.2 Å². The number of benzene rings is 1. The Morgan fingerprint density at radius 3 is 3.05 bits per heavy atom. The molecule has 0 heterocycles. The average Bonchev–Trinajstić information content (AvgIpc) is 3.18. The van der Waals surface area contributed by atoms with E-state index in [1.165, 1.54) is 11.1 Å². The number of carbonyl (C=O) groups excluding carboxylic acids is 1. The summed E-state index contributed by atoms with van der Waals surface area (Å²) >= 11 is 5.55. The maximum Gasteiger partial charge on any atom is 0.224 e. The number of hydrogen-bond donors (Lipinski definition) is 1. The van der Waals surface area contributed by atoms with E-state index in [4.69, 9.17) is 11.6 Å². The standard InChI is InChI=1S/C16H18ClNO/c17-9-3-4-10-18-16(19)15-13-8-7-11-5-1-2-6-12(11)14(13)15/h1-6,13-15H,7-10H2,(H,18,19)/b4-3+. The van der Waals surface area contributed by atoms with Gasteiger partial charge in [0.25, 0.3) is 0 Å². The highest BCUT2D eigenvalue weighted by Crippen LogP contribution is 2.59. The maximum absolute atomic E-state index is 12.2. The normalized spacial score (nSPS) is 27.7. The molecule has 0 aliphatic heterocycles. The number of fused-ring (bicyclic) bond motifs is 3. The van der Waals surface area contributed by atoms with Crippen LogP contribution < -0.4 is 5.32 Å². The van der Waals surface area contributed by atoms with Gasteiger partial charge in [0, 0.05) is 18.3 Å². The van der Waals surface area contributed by atoms with Gasteiger partial charge in [-0.2, -0.15) is 0 Å². The first kappa shape index (κ1) is 12.7. The molecule has 19 heavy (non-hydrogen) atoms. The zero-order valence-electron chi connectivity index (χ0n) is 10.8. The molecule has 1 saturated carbocycles. The van der Waals surface area contributed by atoms with E-state index in [9.17, 15) is 4.79 Å². The second-order valence-electron chi connectivity index (χ2n) is 5.32. The van der Waals surface area contributed by atoms with Gasteiger partial charge < -0.3 is 5.32 Å². The van der Waals surface area contributed by atoms with Crippen molar-refractivity contribution in [2.45, 2.75) is 18.8 Å². The molecule has 2 aliphatic rings. The molecule has 1 aromatic rings. The van der Waals surface area contributed by atoms with Crippen LogP contribution in [0.2, 0.25) is 0 Å². The predicted octanol–water partition coefficient (Wildman–Crippen LogP) is 2.87. The highest BCUT2D eigenvalue weighted by atomic mass is 35.5. The summed E-state index contributed by atoms with van der Waals surface area (Å²) < 4.78 is 0. The van der Waals surface area contributed by atoms with Crippen molar-refractivity contribution in [3.8, 4) is 0 Å². The van der Waals surface area contributed by atoms with E-state index in [2.05, 4.69) is 29.6 Å². The number of alkyl halides is 1. The summed E-state index contributed by atoms with van der Waals surface area (Å²) in [5.74, 6) is 1.91. The topological polar surface area (TPSA) is 29.1 Å². The number of allylic oxidation sites excluding steroid dienone is 1. The minimum atomic E-state index is 0.188. The smallest absolute Gasteiger partial charge is 0.224 e. The fourth-order valence-electron chi connectivity index (χ4n) is 3.35. The van der Waals surface area contributed by atoms with Crippen LogP contribution in [0.25, 0.3) is 0 Å². The van der Waals surface area contributed by atoms with Gasteiger partial charge in [0.15, 0.2) is 0 Å². The van der Waals surface area contributed by atoms with Crippen molar-refractivity contribution in [3.05, 3.63) is 47.5 Å². The lowest BCUT2D eigenvalue weighted by Crippen LogP contribution is -2.26. The summed E-state index contributed by atoms with van der Waals surface area (Å²) in [6.45, 7) is 0.586. The lowest BCUT2D eigenvalue weighted by atomic mass is 9.92. The number of hydrogen-bond acceptors (Lipinski definition) is 1. The third-order valence-corrected chi connectivity index (χ3v) is 4.46. The molecule has 3 rings (SSSR count). The highest BCUT2D eigenvalue weighted by Gasteiger charge is 2.56. The molecule has 0 saturated heterocycles. The molecule has 2 aliphatic carbocycles. The molecule has 3 heteroatoms. The van der Waals surface area contributed by atoms with Gasteiger partial charge >= 0.3 is 0 Å². The van der Waals surface area contributed by atoms with E-state index in [0.29, 0.717) is 24.3 Å². The van der Waals surface area contributed by atoms with Crippen LogP contribution >= 0.6 is 11.6 Å². The van der Waals surface area contributed by atoms with Gasteiger partial charge in [0.2, 0.25) is 5.91 Å². The molecule has 3 atom stereocenters. The zero-order chi connectivity index (χ0) is 13.2.